The van der Waals surface area contributed by atoms with Gasteiger partial charge in [-0.15, -0.1) is 0 Å². The molecule has 36 heavy (non-hydrogen) atoms. The minimum absolute atomic E-state index is 0.230. The Morgan fingerprint density at radius 2 is 1.58 bits per heavy atom. The third-order valence-corrected chi connectivity index (χ3v) is 9.02. The number of para-hydroxylation sites is 1. The van der Waals surface area contributed by atoms with Crippen molar-refractivity contribution in [2.24, 2.45) is 0 Å². The van der Waals surface area contributed by atoms with Gasteiger partial charge in [0.1, 0.15) is 11.5 Å². The van der Waals surface area contributed by atoms with Gasteiger partial charge in [-0.25, -0.2) is 8.42 Å². The molecule has 3 aromatic carbocycles. The summed E-state index contributed by atoms with van der Waals surface area (Å²) in [6.07, 6.45) is 0.939. The molecule has 192 valence electrons. The van der Waals surface area contributed by atoms with Gasteiger partial charge >= 0.3 is 0 Å². The molecule has 1 N–H and O–H groups in total. The third kappa shape index (κ3) is 5.81. The molecule has 1 aliphatic heterocycles. The van der Waals surface area contributed by atoms with E-state index in [1.54, 1.807) is 12.1 Å². The summed E-state index contributed by atoms with van der Waals surface area (Å²) in [6, 6.07) is 23.1. The Bertz CT molecular complexity index is 1270. The fourth-order valence-electron chi connectivity index (χ4n) is 4.87. The third-order valence-electron chi connectivity index (χ3n) is 6.93. The number of piperidine rings is 1. The van der Waals surface area contributed by atoms with Gasteiger partial charge in [0.15, 0.2) is 0 Å². The van der Waals surface area contributed by atoms with Crippen LogP contribution in [0.5, 0.6) is 11.5 Å². The van der Waals surface area contributed by atoms with Gasteiger partial charge in [-0.3, -0.25) is 4.90 Å². The fourth-order valence-corrected chi connectivity index (χ4v) is 6.70. The minimum atomic E-state index is -3.69. The molecule has 6 nitrogen and oxygen atoms in total. The Morgan fingerprint density at radius 1 is 0.917 bits per heavy atom. The van der Waals surface area contributed by atoms with Crippen LogP contribution in [0.4, 0.5) is 0 Å². The number of hydrogen-bond acceptors (Lipinski definition) is 5. The molecular weight excluding hydrogens is 472 g/mol. The van der Waals surface area contributed by atoms with Gasteiger partial charge in [-0.05, 0) is 61.2 Å². The molecule has 0 bridgehead atoms. The molecule has 3 aromatic rings. The summed E-state index contributed by atoms with van der Waals surface area (Å²) in [5.74, 6) is 1.59. The molecule has 0 saturated carbocycles. The highest BCUT2D eigenvalue weighted by Crippen LogP contribution is 2.38. The van der Waals surface area contributed by atoms with Gasteiger partial charge in [0.05, 0.1) is 10.5 Å². The Kier molecular flexibility index (Phi) is 8.15. The van der Waals surface area contributed by atoms with Crippen molar-refractivity contribution in [2.45, 2.75) is 50.7 Å². The summed E-state index contributed by atoms with van der Waals surface area (Å²) in [4.78, 5) is 2.52. The second-order valence-corrected chi connectivity index (χ2v) is 11.4. The quantitative estimate of drug-likeness (QED) is 0.425. The maximum absolute atomic E-state index is 13.4. The lowest BCUT2D eigenvalue weighted by Crippen LogP contribution is -2.43. The van der Waals surface area contributed by atoms with Crippen LogP contribution in [-0.4, -0.2) is 48.9 Å². The molecule has 0 amide bonds. The second kappa shape index (κ2) is 11.1. The van der Waals surface area contributed by atoms with E-state index in [1.807, 2.05) is 75.4 Å². The Morgan fingerprint density at radius 3 is 2.25 bits per heavy atom. The van der Waals surface area contributed by atoms with Crippen molar-refractivity contribution in [3.05, 3.63) is 89.5 Å². The molecule has 0 aromatic heterocycles. The average molecular weight is 509 g/mol. The van der Waals surface area contributed by atoms with E-state index in [9.17, 15) is 13.5 Å². The molecule has 4 rings (SSSR count). The summed E-state index contributed by atoms with van der Waals surface area (Å²) in [6.45, 7) is 8.41. The highest BCUT2D eigenvalue weighted by Gasteiger charge is 2.39. The molecular formula is C29H36N2O4S. The van der Waals surface area contributed by atoms with Gasteiger partial charge in [0.2, 0.25) is 10.0 Å². The molecule has 0 unspecified atom stereocenters. The monoisotopic (exact) mass is 508 g/mol. The average Bonchev–Trinajstić information content (AvgIpc) is 2.87. The van der Waals surface area contributed by atoms with E-state index < -0.39 is 15.6 Å². The van der Waals surface area contributed by atoms with E-state index in [2.05, 4.69) is 11.0 Å². The zero-order chi connectivity index (χ0) is 25.8. The maximum Gasteiger partial charge on any atom is 0.243 e. The normalized spacial score (nSPS) is 16.2. The van der Waals surface area contributed by atoms with Crippen LogP contribution >= 0.6 is 0 Å². The summed E-state index contributed by atoms with van der Waals surface area (Å²) >= 11 is 0. The number of rotatable bonds is 9. The van der Waals surface area contributed by atoms with Crippen molar-refractivity contribution in [2.75, 3.05) is 26.2 Å². The van der Waals surface area contributed by atoms with Crippen LogP contribution in [0.2, 0.25) is 0 Å². The van der Waals surface area contributed by atoms with E-state index in [1.165, 1.54) is 4.31 Å². The van der Waals surface area contributed by atoms with E-state index >= 15 is 0 Å². The van der Waals surface area contributed by atoms with Crippen molar-refractivity contribution in [1.82, 2.24) is 9.21 Å². The van der Waals surface area contributed by atoms with E-state index in [0.717, 1.165) is 29.2 Å². The molecule has 0 spiro atoms. The highest BCUT2D eigenvalue weighted by molar-refractivity contribution is 7.89. The van der Waals surface area contributed by atoms with Crippen LogP contribution in [0.15, 0.2) is 77.7 Å². The smallest absolute Gasteiger partial charge is 0.243 e. The Balaban J connectivity index is 1.48. The van der Waals surface area contributed by atoms with E-state index in [4.69, 9.17) is 4.74 Å². The summed E-state index contributed by atoms with van der Waals surface area (Å²) in [5.41, 5.74) is 1.33. The van der Waals surface area contributed by atoms with Gasteiger partial charge in [-0.1, -0.05) is 56.3 Å². The van der Waals surface area contributed by atoms with Crippen molar-refractivity contribution >= 4 is 10.0 Å². The number of aryl methyl sites for hydroxylation is 1. The van der Waals surface area contributed by atoms with Crippen LogP contribution in [0.1, 0.15) is 43.4 Å². The summed E-state index contributed by atoms with van der Waals surface area (Å²) in [5, 5.41) is 11.7. The van der Waals surface area contributed by atoms with Crippen LogP contribution in [0.3, 0.4) is 0 Å². The lowest BCUT2D eigenvalue weighted by Gasteiger charge is -2.39. The standard InChI is InChI=1S/C29H36N2O4S/c1-4-31(5-2)36(33,34)28-20-23(3)14-15-27(28)29(32)16-18-30(19-17-29)22-24-10-9-13-26(21-24)35-25-11-7-6-8-12-25/h6-15,20-21,32H,4-5,16-19,22H2,1-3H3. The number of hydrogen-bond donors (Lipinski definition) is 1. The number of sulfonamides is 1. The Labute approximate surface area is 215 Å². The molecule has 0 atom stereocenters. The highest BCUT2D eigenvalue weighted by atomic mass is 32.2. The minimum Gasteiger partial charge on any atom is -0.457 e. The van der Waals surface area contributed by atoms with Crippen molar-refractivity contribution < 1.29 is 18.3 Å². The predicted octanol–water partition coefficient (Wildman–Crippen LogP) is 5.30. The van der Waals surface area contributed by atoms with Gasteiger partial charge < -0.3 is 9.84 Å². The molecule has 1 fully saturated rings. The predicted molar refractivity (Wildman–Crippen MR) is 143 cm³/mol. The first-order valence-corrected chi connectivity index (χ1v) is 14.1. The van der Waals surface area contributed by atoms with Crippen LogP contribution in [0, 0.1) is 6.92 Å². The second-order valence-electron chi connectivity index (χ2n) is 9.46. The lowest BCUT2D eigenvalue weighted by atomic mass is 9.84. The lowest BCUT2D eigenvalue weighted by molar-refractivity contribution is -0.0299. The maximum atomic E-state index is 13.4. The van der Waals surface area contributed by atoms with Crippen LogP contribution < -0.4 is 4.74 Å². The van der Waals surface area contributed by atoms with Crippen LogP contribution in [0.25, 0.3) is 0 Å². The molecule has 1 aliphatic rings. The first-order chi connectivity index (χ1) is 17.2. The zero-order valence-electron chi connectivity index (χ0n) is 21.4. The van der Waals surface area contributed by atoms with Crippen molar-refractivity contribution in [3.8, 4) is 11.5 Å². The van der Waals surface area contributed by atoms with Crippen molar-refractivity contribution in [3.63, 3.8) is 0 Å². The van der Waals surface area contributed by atoms with Gasteiger partial charge in [-0.2, -0.15) is 4.31 Å². The SMILES string of the molecule is CCN(CC)S(=O)(=O)c1cc(C)ccc1C1(O)CCN(Cc2cccc(Oc3ccccc3)c2)CC1. The van der Waals surface area contributed by atoms with E-state index in [0.29, 0.717) is 44.6 Å². The number of benzene rings is 3. The summed E-state index contributed by atoms with van der Waals surface area (Å²) < 4.78 is 34.3. The number of ether oxygens (including phenoxy) is 1. The molecule has 1 saturated heterocycles. The molecule has 1 heterocycles. The topological polar surface area (TPSA) is 70.1 Å². The molecule has 0 aliphatic carbocycles. The van der Waals surface area contributed by atoms with Gasteiger partial charge in [0, 0.05) is 38.3 Å². The fraction of sp³-hybridized carbons (Fsp3) is 0.379. The van der Waals surface area contributed by atoms with E-state index in [-0.39, 0.29) is 4.90 Å². The first-order valence-electron chi connectivity index (χ1n) is 12.6. The number of nitrogens with zero attached hydrogens (tertiary/aromatic N) is 2. The van der Waals surface area contributed by atoms with Gasteiger partial charge in [0.25, 0.3) is 0 Å². The zero-order valence-corrected chi connectivity index (χ0v) is 22.2. The largest absolute Gasteiger partial charge is 0.457 e. The molecule has 0 radical (unpaired) electrons. The summed E-state index contributed by atoms with van der Waals surface area (Å²) in [7, 11) is -3.69. The number of aliphatic hydroxyl groups is 1. The molecule has 7 heteroatoms. The Hall–Kier alpha value is -2.71. The van der Waals surface area contributed by atoms with Crippen molar-refractivity contribution in [1.29, 1.82) is 0 Å². The number of likely N-dealkylation sites (tertiary alicyclic amines) is 1. The first kappa shape index (κ1) is 26.4. The van der Waals surface area contributed by atoms with Crippen LogP contribution in [-0.2, 0) is 22.2 Å².